The number of nitrogens with zero attached hydrogens (tertiary/aromatic N) is 1. The molecular formula is C2H9N3. The van der Waals surface area contributed by atoms with Crippen molar-refractivity contribution < 1.29 is 0 Å². The van der Waals surface area contributed by atoms with Crippen molar-refractivity contribution in [3.8, 4) is 6.07 Å². The summed E-state index contributed by atoms with van der Waals surface area (Å²) in [6.45, 7) is 1.43. The van der Waals surface area contributed by atoms with Gasteiger partial charge in [0.15, 0.2) is 0 Å². The van der Waals surface area contributed by atoms with Crippen molar-refractivity contribution >= 4 is 0 Å². The lowest BCUT2D eigenvalue weighted by Crippen LogP contribution is -1.10. The van der Waals surface area contributed by atoms with Gasteiger partial charge in [0.2, 0.25) is 0 Å². The normalized spacial score (nSPS) is 1.60. The molecule has 0 unspecified atom stereocenters. The highest BCUT2D eigenvalue weighted by molar-refractivity contribution is 4.51. The smallest absolute Gasteiger partial charge is 0.0587 e. The fourth-order valence-electron chi connectivity index (χ4n) is 0. The molecular weight excluding hydrogens is 66.0 g/mol. The maximum Gasteiger partial charge on any atom is 0.0587 e. The SMILES string of the molecule is CC#N.N.N. The van der Waals surface area contributed by atoms with E-state index in [2.05, 4.69) is 0 Å². The first-order valence-electron chi connectivity index (χ1n) is 0.724. The average Bonchev–Trinajstić information content (AvgIpc) is 0.918. The Morgan fingerprint density at radius 3 is 1.40 bits per heavy atom. The Morgan fingerprint density at radius 1 is 1.40 bits per heavy atom. The van der Waals surface area contributed by atoms with Crippen LogP contribution in [0.5, 0.6) is 0 Å². The van der Waals surface area contributed by atoms with Crippen molar-refractivity contribution in [2.45, 2.75) is 6.92 Å². The Morgan fingerprint density at radius 2 is 1.40 bits per heavy atom. The molecule has 32 valence electrons. The van der Waals surface area contributed by atoms with Gasteiger partial charge in [-0.1, -0.05) is 0 Å². The summed E-state index contributed by atoms with van der Waals surface area (Å²) in [5.41, 5.74) is 0. The van der Waals surface area contributed by atoms with Crippen molar-refractivity contribution in [3.63, 3.8) is 0 Å². The lowest BCUT2D eigenvalue weighted by molar-refractivity contribution is 1.49. The molecule has 0 saturated heterocycles. The van der Waals surface area contributed by atoms with Gasteiger partial charge in [-0.05, 0) is 0 Å². The zero-order valence-corrected chi connectivity index (χ0v) is 3.36. The van der Waals surface area contributed by atoms with E-state index >= 15 is 0 Å². The summed E-state index contributed by atoms with van der Waals surface area (Å²) in [6, 6.07) is 1.75. The number of hydrogen-bond donors (Lipinski definition) is 2. The van der Waals surface area contributed by atoms with Crippen LogP contribution < -0.4 is 12.3 Å². The lowest BCUT2D eigenvalue weighted by Gasteiger charge is -1.15. The largest absolute Gasteiger partial charge is 0.344 e. The van der Waals surface area contributed by atoms with E-state index in [4.69, 9.17) is 5.26 Å². The van der Waals surface area contributed by atoms with Gasteiger partial charge in [-0.15, -0.1) is 0 Å². The van der Waals surface area contributed by atoms with E-state index in [0.29, 0.717) is 0 Å². The Labute approximate surface area is 31.8 Å². The van der Waals surface area contributed by atoms with E-state index in [0.717, 1.165) is 0 Å². The van der Waals surface area contributed by atoms with Gasteiger partial charge >= 0.3 is 0 Å². The third-order valence-electron chi connectivity index (χ3n) is 0. The molecule has 0 atom stereocenters. The molecule has 0 heterocycles. The molecule has 0 aromatic heterocycles. The monoisotopic (exact) mass is 75.1 g/mol. The number of nitriles is 1. The lowest BCUT2D eigenvalue weighted by atomic mass is 11.0. The van der Waals surface area contributed by atoms with Crippen LogP contribution in [0.1, 0.15) is 6.92 Å². The van der Waals surface area contributed by atoms with Gasteiger partial charge in [-0.25, -0.2) is 0 Å². The second-order valence-electron chi connectivity index (χ2n) is 0.224. The Balaban J connectivity index is -0.0000000200. The zero-order chi connectivity index (χ0) is 2.71. The molecule has 0 amide bonds. The van der Waals surface area contributed by atoms with Crippen LogP contribution >= 0.6 is 0 Å². The van der Waals surface area contributed by atoms with Crippen molar-refractivity contribution in [1.82, 2.24) is 12.3 Å². The fourth-order valence-corrected chi connectivity index (χ4v) is 0. The molecule has 0 saturated carbocycles. The van der Waals surface area contributed by atoms with Gasteiger partial charge in [0.25, 0.3) is 0 Å². The van der Waals surface area contributed by atoms with E-state index in [1.165, 1.54) is 6.92 Å². The van der Waals surface area contributed by atoms with Crippen LogP contribution in [-0.4, -0.2) is 0 Å². The summed E-state index contributed by atoms with van der Waals surface area (Å²) in [6.07, 6.45) is 0. The van der Waals surface area contributed by atoms with Crippen LogP contribution in [0.3, 0.4) is 0 Å². The van der Waals surface area contributed by atoms with Gasteiger partial charge in [0, 0.05) is 6.92 Å². The van der Waals surface area contributed by atoms with E-state index in [-0.39, 0.29) is 12.3 Å². The molecule has 0 radical (unpaired) electrons. The summed E-state index contributed by atoms with van der Waals surface area (Å²) in [5.74, 6) is 0. The van der Waals surface area contributed by atoms with Crippen molar-refractivity contribution in [3.05, 3.63) is 0 Å². The first-order chi connectivity index (χ1) is 1.41. The van der Waals surface area contributed by atoms with Gasteiger partial charge < -0.3 is 12.3 Å². The zero-order valence-electron chi connectivity index (χ0n) is 3.36. The third-order valence-corrected chi connectivity index (χ3v) is 0. The Kier molecular flexibility index (Phi) is 608. The first-order valence-corrected chi connectivity index (χ1v) is 0.724. The summed E-state index contributed by atoms with van der Waals surface area (Å²) >= 11 is 0. The Hall–Kier alpha value is -0.590. The fraction of sp³-hybridized carbons (Fsp3) is 0.500. The van der Waals surface area contributed by atoms with Crippen LogP contribution in [-0.2, 0) is 0 Å². The minimum Gasteiger partial charge on any atom is -0.344 e. The van der Waals surface area contributed by atoms with Gasteiger partial charge in [-0.2, -0.15) is 5.26 Å². The highest BCUT2D eigenvalue weighted by atomic mass is 14.2. The van der Waals surface area contributed by atoms with E-state index in [1.54, 1.807) is 6.07 Å². The molecule has 0 aromatic carbocycles. The topological polar surface area (TPSA) is 93.8 Å². The molecule has 0 bridgehead atoms. The molecule has 3 heteroatoms. The predicted octanol–water partition coefficient (Wildman–Crippen LogP) is 0.854. The summed E-state index contributed by atoms with van der Waals surface area (Å²) in [7, 11) is 0. The van der Waals surface area contributed by atoms with E-state index < -0.39 is 0 Å². The molecule has 0 rings (SSSR count). The maximum absolute atomic E-state index is 7.32. The minimum atomic E-state index is 0. The van der Waals surface area contributed by atoms with E-state index in [1.807, 2.05) is 0 Å². The molecule has 3 nitrogen and oxygen atoms in total. The van der Waals surface area contributed by atoms with Crippen molar-refractivity contribution in [2.24, 2.45) is 0 Å². The quantitative estimate of drug-likeness (QED) is 0.447. The summed E-state index contributed by atoms with van der Waals surface area (Å²) in [4.78, 5) is 0. The molecule has 5 heavy (non-hydrogen) atoms. The molecule has 0 spiro atoms. The highest BCUT2D eigenvalue weighted by Crippen LogP contribution is 1.21. The van der Waals surface area contributed by atoms with Crippen LogP contribution in [0, 0.1) is 11.3 Å². The van der Waals surface area contributed by atoms with Crippen LogP contribution in [0.25, 0.3) is 0 Å². The van der Waals surface area contributed by atoms with Crippen molar-refractivity contribution in [2.75, 3.05) is 0 Å². The maximum atomic E-state index is 7.32. The predicted molar refractivity (Wildman–Crippen MR) is 21.3 cm³/mol. The van der Waals surface area contributed by atoms with Crippen LogP contribution in [0.2, 0.25) is 0 Å². The minimum absolute atomic E-state index is 0. The van der Waals surface area contributed by atoms with Crippen LogP contribution in [0.4, 0.5) is 0 Å². The van der Waals surface area contributed by atoms with Crippen LogP contribution in [0.15, 0.2) is 0 Å². The van der Waals surface area contributed by atoms with Gasteiger partial charge in [0.1, 0.15) is 0 Å². The summed E-state index contributed by atoms with van der Waals surface area (Å²) in [5, 5.41) is 7.32. The molecule has 0 aliphatic rings. The molecule has 0 aliphatic heterocycles. The van der Waals surface area contributed by atoms with Gasteiger partial charge in [0.05, 0.1) is 6.07 Å². The van der Waals surface area contributed by atoms with Crippen molar-refractivity contribution in [1.29, 1.82) is 5.26 Å². The second kappa shape index (κ2) is 118. The van der Waals surface area contributed by atoms with E-state index in [9.17, 15) is 0 Å². The molecule has 0 fully saturated rings. The first kappa shape index (κ1) is 25.8. The average molecular weight is 75.1 g/mol. The number of hydrogen-bond acceptors (Lipinski definition) is 3. The molecule has 0 aliphatic carbocycles. The molecule has 6 N–H and O–H groups in total. The van der Waals surface area contributed by atoms with Gasteiger partial charge in [-0.3, -0.25) is 0 Å². The standard InChI is InChI=1S/C2H3N.2H3N/c1-2-3;;/h1H3;2*1H3. The third kappa shape index (κ3) is 19.5. The summed E-state index contributed by atoms with van der Waals surface area (Å²) < 4.78 is 0. The second-order valence-corrected chi connectivity index (χ2v) is 0.224. The number of rotatable bonds is 0. The Bertz CT molecular complexity index is 26.4. The highest BCUT2D eigenvalue weighted by Gasteiger charge is 1.17. The molecule has 0 aromatic rings.